The SMILES string of the molecule is O=C(O)C1NCC1CCC(F)F. The van der Waals surface area contributed by atoms with Crippen LogP contribution < -0.4 is 5.32 Å². The molecule has 2 atom stereocenters. The van der Waals surface area contributed by atoms with Crippen molar-refractivity contribution in [3.8, 4) is 0 Å². The first-order chi connectivity index (χ1) is 5.61. The summed E-state index contributed by atoms with van der Waals surface area (Å²) in [5.41, 5.74) is 0. The molecular formula is C7H11F2NO2. The number of nitrogens with one attached hydrogen (secondary N) is 1. The largest absolute Gasteiger partial charge is 0.480 e. The fourth-order valence-electron chi connectivity index (χ4n) is 1.30. The fraction of sp³-hybridized carbons (Fsp3) is 0.857. The quantitative estimate of drug-likeness (QED) is 0.668. The van der Waals surface area contributed by atoms with Crippen LogP contribution in [0.5, 0.6) is 0 Å². The molecule has 3 nitrogen and oxygen atoms in total. The van der Waals surface area contributed by atoms with Crippen LogP contribution in [0.2, 0.25) is 0 Å². The number of alkyl halides is 2. The lowest BCUT2D eigenvalue weighted by molar-refractivity contribution is -0.143. The molecule has 1 heterocycles. The molecule has 0 aromatic rings. The lowest BCUT2D eigenvalue weighted by Gasteiger charge is -2.34. The van der Waals surface area contributed by atoms with Crippen LogP contribution in [0, 0.1) is 5.92 Å². The number of carboxylic acids is 1. The maximum Gasteiger partial charge on any atom is 0.321 e. The van der Waals surface area contributed by atoms with Gasteiger partial charge < -0.3 is 10.4 Å². The molecule has 12 heavy (non-hydrogen) atoms. The monoisotopic (exact) mass is 179 g/mol. The Bertz CT molecular complexity index is 175. The van der Waals surface area contributed by atoms with Crippen LogP contribution in [0.1, 0.15) is 12.8 Å². The van der Waals surface area contributed by atoms with E-state index in [1.807, 2.05) is 0 Å². The number of hydrogen-bond acceptors (Lipinski definition) is 2. The molecule has 5 heteroatoms. The van der Waals surface area contributed by atoms with Gasteiger partial charge in [0.1, 0.15) is 6.04 Å². The summed E-state index contributed by atoms with van der Waals surface area (Å²) in [4.78, 5) is 10.4. The fourth-order valence-corrected chi connectivity index (χ4v) is 1.30. The zero-order valence-corrected chi connectivity index (χ0v) is 6.46. The highest BCUT2D eigenvalue weighted by Crippen LogP contribution is 2.21. The number of halogens is 2. The summed E-state index contributed by atoms with van der Waals surface area (Å²) in [5, 5.41) is 11.2. The number of carbonyl (C=O) groups is 1. The maximum atomic E-state index is 11.7. The van der Waals surface area contributed by atoms with E-state index in [9.17, 15) is 13.6 Å². The number of hydrogen-bond donors (Lipinski definition) is 2. The van der Waals surface area contributed by atoms with Crippen molar-refractivity contribution in [2.45, 2.75) is 25.3 Å². The molecule has 0 aliphatic carbocycles. The highest BCUT2D eigenvalue weighted by Gasteiger charge is 2.35. The lowest BCUT2D eigenvalue weighted by Crippen LogP contribution is -2.57. The predicted octanol–water partition coefficient (Wildman–Crippen LogP) is 0.704. The third-order valence-electron chi connectivity index (χ3n) is 2.09. The van der Waals surface area contributed by atoms with Crippen molar-refractivity contribution in [1.82, 2.24) is 5.32 Å². The summed E-state index contributed by atoms with van der Waals surface area (Å²) < 4.78 is 23.4. The van der Waals surface area contributed by atoms with Crippen molar-refractivity contribution in [3.05, 3.63) is 0 Å². The molecule has 1 aliphatic heterocycles. The van der Waals surface area contributed by atoms with E-state index in [1.54, 1.807) is 0 Å². The van der Waals surface area contributed by atoms with Gasteiger partial charge in [0.15, 0.2) is 0 Å². The molecule has 1 saturated heterocycles. The molecular weight excluding hydrogens is 168 g/mol. The van der Waals surface area contributed by atoms with Crippen molar-refractivity contribution in [3.63, 3.8) is 0 Å². The zero-order chi connectivity index (χ0) is 9.14. The molecule has 0 spiro atoms. The number of aliphatic carboxylic acids is 1. The van der Waals surface area contributed by atoms with Crippen LogP contribution >= 0.6 is 0 Å². The summed E-state index contributed by atoms with van der Waals surface area (Å²) in [6.07, 6.45) is -2.22. The van der Waals surface area contributed by atoms with Gasteiger partial charge in [-0.05, 0) is 12.3 Å². The van der Waals surface area contributed by atoms with E-state index in [-0.39, 0.29) is 12.3 Å². The van der Waals surface area contributed by atoms with Gasteiger partial charge in [-0.3, -0.25) is 4.79 Å². The molecule has 1 fully saturated rings. The summed E-state index contributed by atoms with van der Waals surface area (Å²) >= 11 is 0. The summed E-state index contributed by atoms with van der Waals surface area (Å²) in [6, 6.07) is -0.608. The molecule has 1 aliphatic rings. The van der Waals surface area contributed by atoms with Crippen LogP contribution in [-0.2, 0) is 4.79 Å². The predicted molar refractivity (Wildman–Crippen MR) is 38.2 cm³/mol. The van der Waals surface area contributed by atoms with Gasteiger partial charge in [-0.25, -0.2) is 8.78 Å². The van der Waals surface area contributed by atoms with Gasteiger partial charge in [0.2, 0.25) is 6.43 Å². The molecule has 0 bridgehead atoms. The molecule has 0 aromatic carbocycles. The van der Waals surface area contributed by atoms with E-state index in [0.29, 0.717) is 13.0 Å². The summed E-state index contributed by atoms with van der Waals surface area (Å²) in [6.45, 7) is 0.545. The van der Waals surface area contributed by atoms with Crippen LogP contribution in [0.3, 0.4) is 0 Å². The minimum absolute atomic E-state index is 0.114. The van der Waals surface area contributed by atoms with Gasteiger partial charge in [0.05, 0.1) is 0 Å². The molecule has 2 unspecified atom stereocenters. The second kappa shape index (κ2) is 3.80. The van der Waals surface area contributed by atoms with Gasteiger partial charge >= 0.3 is 5.97 Å². The Labute approximate surface area is 68.8 Å². The van der Waals surface area contributed by atoms with Crippen molar-refractivity contribution in [1.29, 1.82) is 0 Å². The molecule has 1 rings (SSSR count). The Kier molecular flexibility index (Phi) is 2.97. The van der Waals surface area contributed by atoms with Crippen molar-refractivity contribution in [2.24, 2.45) is 5.92 Å². The van der Waals surface area contributed by atoms with Crippen LogP contribution in [0.25, 0.3) is 0 Å². The van der Waals surface area contributed by atoms with E-state index in [1.165, 1.54) is 0 Å². The second-order valence-corrected chi connectivity index (χ2v) is 2.95. The Morgan fingerprint density at radius 2 is 2.33 bits per heavy atom. The van der Waals surface area contributed by atoms with E-state index in [4.69, 9.17) is 5.11 Å². The van der Waals surface area contributed by atoms with Crippen molar-refractivity contribution >= 4 is 5.97 Å². The molecule has 70 valence electrons. The van der Waals surface area contributed by atoms with Crippen LogP contribution in [0.4, 0.5) is 8.78 Å². The first kappa shape index (κ1) is 9.38. The average Bonchev–Trinajstić information content (AvgIpc) is 1.82. The Morgan fingerprint density at radius 3 is 2.67 bits per heavy atom. The standard InChI is InChI=1S/C7H11F2NO2/c8-5(9)2-1-4-3-10-6(4)7(11)12/h4-6,10H,1-3H2,(H,11,12). The normalized spacial score (nSPS) is 28.6. The maximum absolute atomic E-state index is 11.7. The summed E-state index contributed by atoms with van der Waals surface area (Å²) in [5.74, 6) is -1.06. The van der Waals surface area contributed by atoms with Gasteiger partial charge in [-0.1, -0.05) is 0 Å². The second-order valence-electron chi connectivity index (χ2n) is 2.95. The van der Waals surface area contributed by atoms with E-state index in [0.717, 1.165) is 0 Å². The van der Waals surface area contributed by atoms with E-state index in [2.05, 4.69) is 5.32 Å². The van der Waals surface area contributed by atoms with Gasteiger partial charge in [0.25, 0.3) is 0 Å². The minimum Gasteiger partial charge on any atom is -0.480 e. The molecule has 0 aromatic heterocycles. The summed E-state index contributed by atoms with van der Waals surface area (Å²) in [7, 11) is 0. The first-order valence-corrected chi connectivity index (χ1v) is 3.85. The van der Waals surface area contributed by atoms with Gasteiger partial charge in [-0.15, -0.1) is 0 Å². The van der Waals surface area contributed by atoms with E-state index >= 15 is 0 Å². The van der Waals surface area contributed by atoms with Crippen LogP contribution in [-0.4, -0.2) is 30.1 Å². The Balaban J connectivity index is 2.21. The van der Waals surface area contributed by atoms with Gasteiger partial charge in [-0.2, -0.15) is 0 Å². The van der Waals surface area contributed by atoms with Crippen molar-refractivity contribution in [2.75, 3.05) is 6.54 Å². The molecule has 0 amide bonds. The highest BCUT2D eigenvalue weighted by molar-refractivity contribution is 5.75. The molecule has 0 radical (unpaired) electrons. The third-order valence-corrected chi connectivity index (χ3v) is 2.09. The van der Waals surface area contributed by atoms with Gasteiger partial charge in [0, 0.05) is 13.0 Å². The number of rotatable bonds is 4. The van der Waals surface area contributed by atoms with Crippen LogP contribution in [0.15, 0.2) is 0 Å². The number of carboxylic acid groups (broad SMARTS) is 1. The third kappa shape index (κ3) is 2.14. The lowest BCUT2D eigenvalue weighted by atomic mass is 9.87. The first-order valence-electron chi connectivity index (χ1n) is 3.85. The van der Waals surface area contributed by atoms with Crippen molar-refractivity contribution < 1.29 is 18.7 Å². The molecule has 2 N–H and O–H groups in total. The Morgan fingerprint density at radius 1 is 1.67 bits per heavy atom. The topological polar surface area (TPSA) is 49.3 Å². The molecule has 0 saturated carbocycles. The minimum atomic E-state index is -2.32. The Hall–Kier alpha value is -0.710. The zero-order valence-electron chi connectivity index (χ0n) is 6.46. The van der Waals surface area contributed by atoms with E-state index < -0.39 is 18.4 Å². The highest BCUT2D eigenvalue weighted by atomic mass is 19.3. The average molecular weight is 179 g/mol. The smallest absolute Gasteiger partial charge is 0.321 e.